The molecule has 0 aliphatic heterocycles. The molecule has 2 aromatic carbocycles. The van der Waals surface area contributed by atoms with Crippen molar-refractivity contribution < 1.29 is 16.5 Å². The van der Waals surface area contributed by atoms with Gasteiger partial charge < -0.3 is 11.5 Å². The Balaban J connectivity index is 0.000000360. The third-order valence-electron chi connectivity index (χ3n) is 2.77. The third-order valence-corrected chi connectivity index (χ3v) is 2.77. The Labute approximate surface area is 156 Å². The molecule has 2 N–H and O–H groups in total. The summed E-state index contributed by atoms with van der Waals surface area (Å²) in [6.07, 6.45) is 1.72. The summed E-state index contributed by atoms with van der Waals surface area (Å²) in [6.45, 7) is 3.82. The van der Waals surface area contributed by atoms with Crippen LogP contribution in [0.2, 0.25) is 0 Å². The number of halogens is 2. The van der Waals surface area contributed by atoms with Crippen molar-refractivity contribution >= 4 is 18.8 Å². The first-order valence-electron chi connectivity index (χ1n) is 7.32. The zero-order valence-electron chi connectivity index (χ0n) is 13.4. The molecule has 0 amide bonds. The molecule has 2 atom stereocenters. The second-order valence-electron chi connectivity index (χ2n) is 5.23. The fourth-order valence-electron chi connectivity index (χ4n) is 1.94. The Morgan fingerprint density at radius 1 is 0.739 bits per heavy atom. The Kier molecular flexibility index (Phi) is 14.9. The molecular formula is C18H24Cl2N2Pt. The Morgan fingerprint density at radius 2 is 1.00 bits per heavy atom. The van der Waals surface area contributed by atoms with Crippen molar-refractivity contribution in [1.29, 1.82) is 0 Å². The zero-order chi connectivity index (χ0) is 17.5. The normalized spacial score (nSPS) is 12.3. The molecule has 0 fully saturated rings. The van der Waals surface area contributed by atoms with Crippen molar-refractivity contribution in [2.75, 3.05) is 0 Å². The first-order valence-corrected chi connectivity index (χ1v) is 12.9. The maximum atomic E-state index is 7.32. The number of benzene rings is 2. The fraction of sp³-hybridized carbons (Fsp3) is 0.333. The van der Waals surface area contributed by atoms with Crippen LogP contribution in [0.4, 0.5) is 0 Å². The van der Waals surface area contributed by atoms with Crippen molar-refractivity contribution in [3.63, 3.8) is 0 Å². The molecule has 5 heteroatoms. The molecule has 0 aliphatic carbocycles. The molecule has 0 bridgehead atoms. The van der Waals surface area contributed by atoms with E-state index in [1.807, 2.05) is 50.2 Å². The number of rotatable bonds is 4. The predicted octanol–water partition coefficient (Wildman–Crippen LogP) is 6.72. The molecule has 0 saturated heterocycles. The van der Waals surface area contributed by atoms with Gasteiger partial charge >= 0.3 is 35.3 Å². The molecule has 23 heavy (non-hydrogen) atoms. The van der Waals surface area contributed by atoms with Crippen LogP contribution in [-0.2, 0) is 29.3 Å². The molecule has 0 saturated carbocycles. The molecule has 0 aromatic heterocycles. The first-order chi connectivity index (χ1) is 11.0. The standard InChI is InChI=1S/2C9H12N.2ClH.Pt/c2*1-8(10)7-9-5-3-2-4-6-9;;;/h2*2-6,8,10H,7H2,1H3;2*1H;/q2*-1;;;+4/p-2. The second-order valence-corrected chi connectivity index (χ2v) is 8.51. The van der Waals surface area contributed by atoms with E-state index in [-0.39, 0.29) is 12.1 Å². The number of hydrogen-bond acceptors (Lipinski definition) is 0. The maximum absolute atomic E-state index is 7.32. The van der Waals surface area contributed by atoms with E-state index in [1.54, 1.807) is 0 Å². The molecule has 2 nitrogen and oxygen atoms in total. The van der Waals surface area contributed by atoms with Crippen LogP contribution < -0.4 is 0 Å². The number of nitrogens with one attached hydrogen (secondary N) is 2. The zero-order valence-corrected chi connectivity index (χ0v) is 17.2. The van der Waals surface area contributed by atoms with Gasteiger partial charge in [0.15, 0.2) is 0 Å². The molecule has 0 heterocycles. The minimum absolute atomic E-state index is 0.0161. The van der Waals surface area contributed by atoms with Crippen LogP contribution >= 0.6 is 18.8 Å². The van der Waals surface area contributed by atoms with Gasteiger partial charge in [-0.25, -0.2) is 0 Å². The quantitative estimate of drug-likeness (QED) is 0.419. The molecule has 130 valence electrons. The molecule has 0 spiro atoms. The van der Waals surface area contributed by atoms with Gasteiger partial charge in [0.2, 0.25) is 0 Å². The second kappa shape index (κ2) is 15.2. The van der Waals surface area contributed by atoms with E-state index in [2.05, 4.69) is 24.3 Å². The molecular weight excluding hydrogens is 510 g/mol. The van der Waals surface area contributed by atoms with Gasteiger partial charge in [0, 0.05) is 0 Å². The van der Waals surface area contributed by atoms with Gasteiger partial charge in [-0.1, -0.05) is 74.5 Å². The predicted molar refractivity (Wildman–Crippen MR) is 99.6 cm³/mol. The van der Waals surface area contributed by atoms with Crippen molar-refractivity contribution in [3.8, 4) is 0 Å². The van der Waals surface area contributed by atoms with Gasteiger partial charge in [-0.05, 0) is 24.0 Å². The van der Waals surface area contributed by atoms with Gasteiger partial charge in [0.1, 0.15) is 0 Å². The Hall–Kier alpha value is -0.372. The van der Waals surface area contributed by atoms with Crippen LogP contribution in [-0.4, -0.2) is 12.1 Å². The number of hydrogen-bond donors (Lipinski definition) is 0. The minimum atomic E-state index is -0.472. The molecule has 0 aliphatic rings. The molecule has 2 rings (SSSR count). The van der Waals surface area contributed by atoms with Crippen molar-refractivity contribution in [1.82, 2.24) is 0 Å². The average Bonchev–Trinajstić information content (AvgIpc) is 2.49. The van der Waals surface area contributed by atoms with Crippen LogP contribution in [0, 0.1) is 0 Å². The first kappa shape index (κ1) is 22.6. The summed E-state index contributed by atoms with van der Waals surface area (Å²) in [5.74, 6) is 0. The fourth-order valence-corrected chi connectivity index (χ4v) is 1.94. The van der Waals surface area contributed by atoms with E-state index in [9.17, 15) is 0 Å². The van der Waals surface area contributed by atoms with Crippen LogP contribution in [0.3, 0.4) is 0 Å². The topological polar surface area (TPSA) is 47.6 Å². The summed E-state index contributed by atoms with van der Waals surface area (Å²) in [4.78, 5) is 0. The summed E-state index contributed by atoms with van der Waals surface area (Å²) in [7, 11) is 9.75. The van der Waals surface area contributed by atoms with Gasteiger partial charge in [0.25, 0.3) is 0 Å². The monoisotopic (exact) mass is 533 g/mol. The van der Waals surface area contributed by atoms with E-state index in [4.69, 9.17) is 30.3 Å². The Bertz CT molecular complexity index is 433. The summed E-state index contributed by atoms with van der Waals surface area (Å²) in [5, 5.41) is 0. The van der Waals surface area contributed by atoms with Crippen molar-refractivity contribution in [2.24, 2.45) is 0 Å². The average molecular weight is 534 g/mol. The van der Waals surface area contributed by atoms with Crippen molar-refractivity contribution in [2.45, 2.75) is 38.8 Å². The summed E-state index contributed by atoms with van der Waals surface area (Å²) in [6, 6.07) is 20.3. The molecule has 2 unspecified atom stereocenters. The van der Waals surface area contributed by atoms with Crippen molar-refractivity contribution in [3.05, 3.63) is 83.3 Å². The molecule has 0 radical (unpaired) electrons. The third kappa shape index (κ3) is 14.9. The van der Waals surface area contributed by atoms with Gasteiger partial charge in [-0.3, -0.25) is 0 Å². The van der Waals surface area contributed by atoms with Crippen LogP contribution in [0.15, 0.2) is 60.7 Å². The Morgan fingerprint density at radius 3 is 1.22 bits per heavy atom. The van der Waals surface area contributed by atoms with Crippen LogP contribution in [0.25, 0.3) is 11.5 Å². The van der Waals surface area contributed by atoms with E-state index >= 15 is 0 Å². The van der Waals surface area contributed by atoms with E-state index in [0.717, 1.165) is 12.8 Å². The summed E-state index contributed by atoms with van der Waals surface area (Å²) in [5.41, 5.74) is 17.1. The summed E-state index contributed by atoms with van der Waals surface area (Å²) < 4.78 is 0. The van der Waals surface area contributed by atoms with E-state index in [0.29, 0.717) is 0 Å². The summed E-state index contributed by atoms with van der Waals surface area (Å²) >= 11 is -0.472. The van der Waals surface area contributed by atoms with E-state index < -0.39 is 16.5 Å². The SMILES string of the molecule is CC([NH-])Cc1ccccc1.CC([NH-])Cc1ccccc1.[Cl][Pt+2][Cl]. The van der Waals surface area contributed by atoms with Gasteiger partial charge in [0.05, 0.1) is 0 Å². The van der Waals surface area contributed by atoms with Crippen LogP contribution in [0.1, 0.15) is 25.0 Å². The molecule has 2 aromatic rings. The van der Waals surface area contributed by atoms with Crippen LogP contribution in [0.5, 0.6) is 0 Å². The van der Waals surface area contributed by atoms with Gasteiger partial charge in [-0.15, -0.1) is 12.1 Å². The van der Waals surface area contributed by atoms with E-state index in [1.165, 1.54) is 11.1 Å². The van der Waals surface area contributed by atoms with Gasteiger partial charge in [-0.2, -0.15) is 0 Å².